The summed E-state index contributed by atoms with van der Waals surface area (Å²) in [5.41, 5.74) is 8.51. The molecule has 10 aromatic rings. The summed E-state index contributed by atoms with van der Waals surface area (Å²) in [4.78, 5) is 0. The molecule has 0 fully saturated rings. The van der Waals surface area contributed by atoms with Gasteiger partial charge in [-0.15, -0.1) is 0 Å². The normalized spacial score (nSPS) is 11.9. The molecule has 2 nitrogen and oxygen atoms in total. The molecule has 0 atom stereocenters. The van der Waals surface area contributed by atoms with E-state index in [-0.39, 0.29) is 0 Å². The second kappa shape index (κ2) is 9.69. The van der Waals surface area contributed by atoms with Gasteiger partial charge < -0.3 is 8.83 Å². The molecule has 46 heavy (non-hydrogen) atoms. The van der Waals surface area contributed by atoms with Crippen molar-refractivity contribution in [3.8, 4) is 33.6 Å². The van der Waals surface area contributed by atoms with Crippen molar-refractivity contribution in [1.29, 1.82) is 0 Å². The minimum Gasteiger partial charge on any atom is -0.456 e. The zero-order valence-electron chi connectivity index (χ0n) is 24.8. The lowest BCUT2D eigenvalue weighted by Gasteiger charge is -2.18. The molecule has 0 bridgehead atoms. The largest absolute Gasteiger partial charge is 0.456 e. The Balaban J connectivity index is 1.18. The van der Waals surface area contributed by atoms with E-state index in [4.69, 9.17) is 8.83 Å². The van der Waals surface area contributed by atoms with Gasteiger partial charge in [0.25, 0.3) is 0 Å². The summed E-state index contributed by atoms with van der Waals surface area (Å²) in [5, 5.41) is 10.6. The molecule has 0 spiro atoms. The summed E-state index contributed by atoms with van der Waals surface area (Å²) in [7, 11) is 0. The summed E-state index contributed by atoms with van der Waals surface area (Å²) in [6.07, 6.45) is 0. The number of benzene rings is 8. The van der Waals surface area contributed by atoms with Crippen molar-refractivity contribution in [3.05, 3.63) is 158 Å². The van der Waals surface area contributed by atoms with E-state index in [1.807, 2.05) is 18.2 Å². The molecule has 2 heterocycles. The van der Waals surface area contributed by atoms with Crippen molar-refractivity contribution in [2.24, 2.45) is 0 Å². The Hall–Kier alpha value is -6.12. The molecule has 0 aliphatic heterocycles. The molecular formula is C44H26O2. The minimum absolute atomic E-state index is 0.861. The van der Waals surface area contributed by atoms with E-state index in [1.54, 1.807) is 0 Å². The maximum atomic E-state index is 6.55. The topological polar surface area (TPSA) is 26.3 Å². The average molecular weight is 587 g/mol. The molecule has 0 radical (unpaired) electrons. The molecule has 214 valence electrons. The van der Waals surface area contributed by atoms with Crippen LogP contribution in [0.15, 0.2) is 167 Å². The first-order valence-corrected chi connectivity index (χ1v) is 15.7. The van der Waals surface area contributed by atoms with Crippen molar-refractivity contribution in [1.82, 2.24) is 0 Å². The third-order valence-electron chi connectivity index (χ3n) is 9.43. The second-order valence-corrected chi connectivity index (χ2v) is 12.1. The van der Waals surface area contributed by atoms with Gasteiger partial charge in [-0.25, -0.2) is 0 Å². The van der Waals surface area contributed by atoms with E-state index in [1.165, 1.54) is 49.0 Å². The fourth-order valence-corrected chi connectivity index (χ4v) is 7.30. The van der Waals surface area contributed by atoms with E-state index >= 15 is 0 Å². The van der Waals surface area contributed by atoms with Gasteiger partial charge in [-0.05, 0) is 91.0 Å². The summed E-state index contributed by atoms with van der Waals surface area (Å²) in [6.45, 7) is 0. The minimum atomic E-state index is 0.861. The highest BCUT2D eigenvalue weighted by atomic mass is 16.3. The van der Waals surface area contributed by atoms with Crippen molar-refractivity contribution in [2.45, 2.75) is 0 Å². The maximum absolute atomic E-state index is 6.55. The molecule has 0 saturated carbocycles. The Morgan fingerprint density at radius 1 is 0.283 bits per heavy atom. The highest BCUT2D eigenvalue weighted by Gasteiger charge is 2.19. The first kappa shape index (κ1) is 25.2. The predicted octanol–water partition coefficient (Wildman–Crippen LogP) is 12.8. The third-order valence-corrected chi connectivity index (χ3v) is 9.43. The maximum Gasteiger partial charge on any atom is 0.136 e. The predicted molar refractivity (Wildman–Crippen MR) is 192 cm³/mol. The van der Waals surface area contributed by atoms with Crippen molar-refractivity contribution in [2.75, 3.05) is 0 Å². The molecule has 0 amide bonds. The van der Waals surface area contributed by atoms with Gasteiger partial charge in [-0.2, -0.15) is 0 Å². The van der Waals surface area contributed by atoms with E-state index in [9.17, 15) is 0 Å². The third kappa shape index (κ3) is 3.77. The highest BCUT2D eigenvalue weighted by Crippen LogP contribution is 2.45. The van der Waals surface area contributed by atoms with Gasteiger partial charge >= 0.3 is 0 Å². The number of rotatable bonds is 3. The van der Waals surface area contributed by atoms with Gasteiger partial charge in [0.2, 0.25) is 0 Å². The highest BCUT2D eigenvalue weighted by molar-refractivity contribution is 6.22. The lowest BCUT2D eigenvalue weighted by molar-refractivity contribution is 0.631. The van der Waals surface area contributed by atoms with E-state index < -0.39 is 0 Å². The van der Waals surface area contributed by atoms with E-state index in [0.717, 1.165) is 49.8 Å². The van der Waals surface area contributed by atoms with Crippen LogP contribution in [0.2, 0.25) is 0 Å². The number of furan rings is 2. The van der Waals surface area contributed by atoms with Crippen LogP contribution in [-0.2, 0) is 0 Å². The molecule has 8 aromatic carbocycles. The Morgan fingerprint density at radius 2 is 0.870 bits per heavy atom. The summed E-state index contributed by atoms with van der Waals surface area (Å²) in [5.74, 6) is 0.862. The Morgan fingerprint density at radius 3 is 1.59 bits per heavy atom. The quantitative estimate of drug-likeness (QED) is 0.193. The average Bonchev–Trinajstić information content (AvgIpc) is 3.69. The lowest BCUT2D eigenvalue weighted by Crippen LogP contribution is -1.91. The van der Waals surface area contributed by atoms with Gasteiger partial charge in [-0.1, -0.05) is 121 Å². The fourth-order valence-electron chi connectivity index (χ4n) is 7.30. The number of hydrogen-bond donors (Lipinski definition) is 0. The number of fused-ring (bicyclic) bond motifs is 7. The molecular weight excluding hydrogens is 560 g/mol. The van der Waals surface area contributed by atoms with Crippen molar-refractivity contribution < 1.29 is 8.83 Å². The number of hydrogen-bond acceptors (Lipinski definition) is 2. The molecule has 2 heteroatoms. The van der Waals surface area contributed by atoms with Crippen LogP contribution in [0.5, 0.6) is 0 Å². The molecule has 0 aliphatic rings. The van der Waals surface area contributed by atoms with Crippen LogP contribution in [0, 0.1) is 0 Å². The first-order chi connectivity index (χ1) is 22.8. The molecule has 0 aliphatic carbocycles. The Bertz CT molecular complexity index is 2740. The van der Waals surface area contributed by atoms with Gasteiger partial charge in [0.15, 0.2) is 0 Å². The van der Waals surface area contributed by atoms with Crippen LogP contribution >= 0.6 is 0 Å². The zero-order valence-corrected chi connectivity index (χ0v) is 24.8. The van der Waals surface area contributed by atoms with Crippen LogP contribution in [0.25, 0.3) is 98.8 Å². The van der Waals surface area contributed by atoms with Gasteiger partial charge in [0, 0.05) is 21.7 Å². The van der Waals surface area contributed by atoms with Crippen LogP contribution in [0.4, 0.5) is 0 Å². The molecule has 10 rings (SSSR count). The standard InChI is InChI=1S/C44H26O2/c1-2-11-28(12-3-1)39-24-32-25-42-38(26-40(32)45-39)33-21-20-31(23-41(33)46-42)44-36-16-8-6-14-34(36)43(35-15-7-9-17-37(35)44)30-19-18-27-10-4-5-13-29(27)22-30/h1-26H. The fraction of sp³-hybridized carbons (Fsp3) is 0. The zero-order chi connectivity index (χ0) is 30.2. The smallest absolute Gasteiger partial charge is 0.136 e. The van der Waals surface area contributed by atoms with Gasteiger partial charge in [-0.3, -0.25) is 0 Å². The Labute approximate surface area is 264 Å². The van der Waals surface area contributed by atoms with Crippen LogP contribution in [-0.4, -0.2) is 0 Å². The summed E-state index contributed by atoms with van der Waals surface area (Å²) >= 11 is 0. The van der Waals surface area contributed by atoms with Crippen LogP contribution in [0.3, 0.4) is 0 Å². The van der Waals surface area contributed by atoms with Gasteiger partial charge in [0.1, 0.15) is 22.5 Å². The van der Waals surface area contributed by atoms with Crippen LogP contribution < -0.4 is 0 Å². The molecule has 0 N–H and O–H groups in total. The van der Waals surface area contributed by atoms with E-state index in [0.29, 0.717) is 0 Å². The second-order valence-electron chi connectivity index (χ2n) is 12.1. The van der Waals surface area contributed by atoms with Gasteiger partial charge in [0.05, 0.1) is 0 Å². The Kier molecular flexibility index (Phi) is 5.31. The van der Waals surface area contributed by atoms with Crippen molar-refractivity contribution >= 4 is 65.2 Å². The van der Waals surface area contributed by atoms with Crippen molar-refractivity contribution in [3.63, 3.8) is 0 Å². The SMILES string of the molecule is c1ccc(-c2cc3cc4oc5cc(-c6c7ccccc7c(-c7ccc8ccccc8c7)c7ccccc67)ccc5c4cc3o2)cc1. The van der Waals surface area contributed by atoms with Crippen LogP contribution in [0.1, 0.15) is 0 Å². The lowest BCUT2D eigenvalue weighted by atomic mass is 9.85. The molecule has 0 unspecified atom stereocenters. The molecule has 0 saturated heterocycles. The molecule has 2 aromatic heterocycles. The summed E-state index contributed by atoms with van der Waals surface area (Å²) in [6, 6.07) is 56.2. The van der Waals surface area contributed by atoms with E-state index in [2.05, 4.69) is 140 Å². The monoisotopic (exact) mass is 586 g/mol. The first-order valence-electron chi connectivity index (χ1n) is 15.7. The summed E-state index contributed by atoms with van der Waals surface area (Å²) < 4.78 is 12.9.